The molecule has 90 valence electrons. The number of hydrogen-bond donors (Lipinski definition) is 1. The van der Waals surface area contributed by atoms with Gasteiger partial charge >= 0.3 is 5.97 Å². The Labute approximate surface area is 103 Å². The Morgan fingerprint density at radius 3 is 2.56 bits per heavy atom. The molecule has 3 nitrogen and oxygen atoms in total. The van der Waals surface area contributed by atoms with Gasteiger partial charge in [-0.2, -0.15) is 0 Å². The normalized spacial score (nSPS) is 11.1. The van der Waals surface area contributed by atoms with Crippen molar-refractivity contribution in [2.75, 3.05) is 11.9 Å². The number of para-hydroxylation sites is 1. The van der Waals surface area contributed by atoms with Gasteiger partial charge < -0.3 is 10.1 Å². The molecule has 0 aliphatic carbocycles. The summed E-state index contributed by atoms with van der Waals surface area (Å²) in [6.45, 7) is 4.26. The zero-order valence-electron chi connectivity index (χ0n) is 9.60. The van der Waals surface area contributed by atoms with Gasteiger partial charge in [0.1, 0.15) is 6.04 Å². The van der Waals surface area contributed by atoms with Crippen molar-refractivity contribution in [1.29, 1.82) is 0 Å². The molecule has 0 fully saturated rings. The first-order valence-electron chi connectivity index (χ1n) is 5.22. The zero-order valence-corrected chi connectivity index (χ0v) is 10.4. The van der Waals surface area contributed by atoms with Crippen LogP contribution >= 0.6 is 12.4 Å². The summed E-state index contributed by atoms with van der Waals surface area (Å²) in [5.74, 6) is -0.208. The minimum absolute atomic E-state index is 0. The lowest BCUT2D eigenvalue weighted by Crippen LogP contribution is -2.28. The van der Waals surface area contributed by atoms with Crippen LogP contribution < -0.4 is 5.32 Å². The lowest BCUT2D eigenvalue weighted by atomic mass is 10.2. The lowest BCUT2D eigenvalue weighted by molar-refractivity contribution is -0.144. The monoisotopic (exact) mass is 243 g/mol. The third-order valence-electron chi connectivity index (χ3n) is 1.96. The topological polar surface area (TPSA) is 38.3 Å². The Bertz CT molecular complexity index is 303. The SMILES string of the molecule is CCCOC(=O)[C@H](C)Nc1ccccc1.Cl. The van der Waals surface area contributed by atoms with Crippen molar-refractivity contribution in [1.82, 2.24) is 0 Å². The van der Waals surface area contributed by atoms with Crippen molar-refractivity contribution in [3.63, 3.8) is 0 Å². The van der Waals surface area contributed by atoms with Gasteiger partial charge in [0.25, 0.3) is 0 Å². The molecule has 0 aromatic heterocycles. The molecule has 1 aromatic carbocycles. The highest BCUT2D eigenvalue weighted by molar-refractivity contribution is 5.85. The number of ether oxygens (including phenoxy) is 1. The van der Waals surface area contributed by atoms with Crippen molar-refractivity contribution in [2.45, 2.75) is 26.3 Å². The van der Waals surface area contributed by atoms with E-state index in [0.29, 0.717) is 6.61 Å². The fraction of sp³-hybridized carbons (Fsp3) is 0.417. The predicted octanol–water partition coefficient (Wildman–Crippen LogP) is 2.86. The van der Waals surface area contributed by atoms with Crippen molar-refractivity contribution in [3.05, 3.63) is 30.3 Å². The fourth-order valence-electron chi connectivity index (χ4n) is 1.17. The van der Waals surface area contributed by atoms with Crippen molar-refractivity contribution >= 4 is 24.1 Å². The molecular weight excluding hydrogens is 226 g/mol. The van der Waals surface area contributed by atoms with Crippen LogP contribution in [-0.2, 0) is 9.53 Å². The molecule has 0 unspecified atom stereocenters. The molecule has 1 N–H and O–H groups in total. The van der Waals surface area contributed by atoms with E-state index in [2.05, 4.69) is 5.32 Å². The molecule has 0 bridgehead atoms. The van der Waals surface area contributed by atoms with E-state index >= 15 is 0 Å². The number of hydrogen-bond acceptors (Lipinski definition) is 3. The van der Waals surface area contributed by atoms with Crippen LogP contribution in [0.15, 0.2) is 30.3 Å². The summed E-state index contributed by atoms with van der Waals surface area (Å²) in [7, 11) is 0. The largest absolute Gasteiger partial charge is 0.464 e. The summed E-state index contributed by atoms with van der Waals surface area (Å²) in [5.41, 5.74) is 0.929. The highest BCUT2D eigenvalue weighted by atomic mass is 35.5. The van der Waals surface area contributed by atoms with Crippen LogP contribution in [0.25, 0.3) is 0 Å². The van der Waals surface area contributed by atoms with Crippen LogP contribution in [0.4, 0.5) is 5.69 Å². The third kappa shape index (κ3) is 5.03. The predicted molar refractivity (Wildman–Crippen MR) is 68.0 cm³/mol. The zero-order chi connectivity index (χ0) is 11.1. The average molecular weight is 244 g/mol. The quantitative estimate of drug-likeness (QED) is 0.809. The van der Waals surface area contributed by atoms with Crippen LogP contribution in [0.1, 0.15) is 20.3 Å². The van der Waals surface area contributed by atoms with Gasteiger partial charge in [-0.25, -0.2) is 4.79 Å². The summed E-state index contributed by atoms with van der Waals surface area (Å²) in [4.78, 5) is 11.4. The van der Waals surface area contributed by atoms with Gasteiger partial charge in [0, 0.05) is 5.69 Å². The molecule has 0 amide bonds. The Morgan fingerprint density at radius 2 is 2.00 bits per heavy atom. The molecule has 0 radical (unpaired) electrons. The second-order valence-electron chi connectivity index (χ2n) is 3.40. The van der Waals surface area contributed by atoms with E-state index in [1.54, 1.807) is 6.92 Å². The first-order valence-corrected chi connectivity index (χ1v) is 5.22. The van der Waals surface area contributed by atoms with Gasteiger partial charge in [-0.15, -0.1) is 12.4 Å². The minimum atomic E-state index is -0.307. The van der Waals surface area contributed by atoms with Crippen molar-refractivity contribution in [2.24, 2.45) is 0 Å². The molecule has 0 aliphatic rings. The number of carbonyl (C=O) groups excluding carboxylic acids is 1. The maximum absolute atomic E-state index is 11.4. The Balaban J connectivity index is 0.00000225. The summed E-state index contributed by atoms with van der Waals surface area (Å²) >= 11 is 0. The van der Waals surface area contributed by atoms with Gasteiger partial charge in [0.05, 0.1) is 6.61 Å². The van der Waals surface area contributed by atoms with Crippen LogP contribution in [0.2, 0.25) is 0 Å². The molecule has 1 atom stereocenters. The fourth-order valence-corrected chi connectivity index (χ4v) is 1.17. The van der Waals surface area contributed by atoms with Crippen molar-refractivity contribution < 1.29 is 9.53 Å². The molecule has 4 heteroatoms. The number of carbonyl (C=O) groups is 1. The van der Waals surface area contributed by atoms with Crippen molar-refractivity contribution in [3.8, 4) is 0 Å². The molecule has 0 spiro atoms. The van der Waals surface area contributed by atoms with E-state index in [-0.39, 0.29) is 24.4 Å². The molecule has 16 heavy (non-hydrogen) atoms. The highest BCUT2D eigenvalue weighted by Gasteiger charge is 2.12. The second-order valence-corrected chi connectivity index (χ2v) is 3.40. The van der Waals surface area contributed by atoms with E-state index in [4.69, 9.17) is 4.74 Å². The second kappa shape index (κ2) is 7.99. The van der Waals surface area contributed by atoms with Crippen LogP contribution in [-0.4, -0.2) is 18.6 Å². The Hall–Kier alpha value is -1.22. The standard InChI is InChI=1S/C12H17NO2.ClH/c1-3-9-15-12(14)10(2)13-11-7-5-4-6-8-11;/h4-8,10,13H,3,9H2,1-2H3;1H/t10-;/m0./s1. The van der Waals surface area contributed by atoms with E-state index in [1.165, 1.54) is 0 Å². The summed E-state index contributed by atoms with van der Waals surface area (Å²) in [6.07, 6.45) is 0.851. The van der Waals surface area contributed by atoms with Gasteiger partial charge in [0.2, 0.25) is 0 Å². The van der Waals surface area contributed by atoms with Crippen LogP contribution in [0, 0.1) is 0 Å². The molecule has 1 aromatic rings. The maximum atomic E-state index is 11.4. The lowest BCUT2D eigenvalue weighted by Gasteiger charge is -2.13. The molecule has 0 heterocycles. The number of anilines is 1. The number of esters is 1. The van der Waals surface area contributed by atoms with Gasteiger partial charge in [0.15, 0.2) is 0 Å². The van der Waals surface area contributed by atoms with Gasteiger partial charge in [-0.05, 0) is 25.5 Å². The number of halogens is 1. The molecule has 1 rings (SSSR count). The van der Waals surface area contributed by atoms with Crippen LogP contribution in [0.5, 0.6) is 0 Å². The van der Waals surface area contributed by atoms with Gasteiger partial charge in [-0.3, -0.25) is 0 Å². The average Bonchev–Trinajstić information content (AvgIpc) is 2.27. The summed E-state index contributed by atoms with van der Waals surface area (Å²) in [5, 5.41) is 3.08. The van der Waals surface area contributed by atoms with E-state index in [9.17, 15) is 4.79 Å². The number of benzene rings is 1. The summed E-state index contributed by atoms with van der Waals surface area (Å²) in [6, 6.07) is 9.32. The highest BCUT2D eigenvalue weighted by Crippen LogP contribution is 2.07. The Kier molecular flexibility index (Phi) is 7.38. The number of rotatable bonds is 5. The first-order chi connectivity index (χ1) is 7.24. The smallest absolute Gasteiger partial charge is 0.328 e. The van der Waals surface area contributed by atoms with Crippen LogP contribution in [0.3, 0.4) is 0 Å². The third-order valence-corrected chi connectivity index (χ3v) is 1.96. The maximum Gasteiger partial charge on any atom is 0.328 e. The first kappa shape index (κ1) is 14.8. The molecule has 0 aliphatic heterocycles. The molecule has 0 saturated carbocycles. The molecular formula is C12H18ClNO2. The van der Waals surface area contributed by atoms with E-state index < -0.39 is 0 Å². The molecule has 0 saturated heterocycles. The number of nitrogens with one attached hydrogen (secondary N) is 1. The van der Waals surface area contributed by atoms with E-state index in [0.717, 1.165) is 12.1 Å². The minimum Gasteiger partial charge on any atom is -0.464 e. The summed E-state index contributed by atoms with van der Waals surface area (Å²) < 4.78 is 5.02. The van der Waals surface area contributed by atoms with E-state index in [1.807, 2.05) is 37.3 Å². The Morgan fingerprint density at radius 1 is 1.38 bits per heavy atom. The van der Waals surface area contributed by atoms with Gasteiger partial charge in [-0.1, -0.05) is 25.1 Å².